The third kappa shape index (κ3) is 2.27. The van der Waals surface area contributed by atoms with Crippen molar-refractivity contribution < 1.29 is 4.74 Å². The van der Waals surface area contributed by atoms with E-state index < -0.39 is 0 Å². The van der Waals surface area contributed by atoms with E-state index in [9.17, 15) is 0 Å². The summed E-state index contributed by atoms with van der Waals surface area (Å²) < 4.78 is 6.17. The van der Waals surface area contributed by atoms with E-state index in [0.29, 0.717) is 0 Å². The molecule has 0 aliphatic carbocycles. The lowest BCUT2D eigenvalue weighted by molar-refractivity contribution is 0.272. The van der Waals surface area contributed by atoms with Gasteiger partial charge in [-0.3, -0.25) is 0 Å². The van der Waals surface area contributed by atoms with Crippen LogP contribution in [0.4, 0.5) is 0 Å². The standard InChI is InChI=1S/C15H22OS2/c1-14(2,3)11-7-6-8-12-13(11)16-10-9-15(12,17-4)18-5/h6-8H,9-10H2,1-5H3. The summed E-state index contributed by atoms with van der Waals surface area (Å²) in [5.74, 6) is 1.12. The smallest absolute Gasteiger partial charge is 0.128 e. The molecule has 0 atom stereocenters. The van der Waals surface area contributed by atoms with E-state index in [1.165, 1.54) is 11.1 Å². The number of hydrogen-bond acceptors (Lipinski definition) is 3. The Bertz CT molecular complexity index is 431. The second-order valence-corrected chi connectivity index (χ2v) is 8.16. The van der Waals surface area contributed by atoms with E-state index >= 15 is 0 Å². The van der Waals surface area contributed by atoms with Crippen molar-refractivity contribution in [2.45, 2.75) is 36.7 Å². The highest BCUT2D eigenvalue weighted by Crippen LogP contribution is 2.54. The molecule has 2 rings (SSSR count). The first-order valence-corrected chi connectivity index (χ1v) is 8.76. The predicted octanol–water partition coefficient (Wildman–Crippen LogP) is 4.65. The minimum atomic E-state index is 0.130. The zero-order chi connectivity index (χ0) is 13.4. The Morgan fingerprint density at radius 2 is 1.83 bits per heavy atom. The number of ether oxygens (including phenoxy) is 1. The fourth-order valence-electron chi connectivity index (χ4n) is 2.51. The van der Waals surface area contributed by atoms with Crippen molar-refractivity contribution in [1.29, 1.82) is 0 Å². The number of thioether (sulfide) groups is 2. The quantitative estimate of drug-likeness (QED) is 0.731. The fourth-order valence-corrected chi connectivity index (χ4v) is 4.52. The Kier molecular flexibility index (Phi) is 3.93. The molecule has 0 saturated heterocycles. The molecule has 100 valence electrons. The molecule has 0 spiro atoms. The number of hydrogen-bond donors (Lipinski definition) is 0. The topological polar surface area (TPSA) is 9.23 Å². The number of benzene rings is 1. The summed E-state index contributed by atoms with van der Waals surface area (Å²) in [7, 11) is 0. The molecule has 1 aliphatic heterocycles. The average molecular weight is 282 g/mol. The van der Waals surface area contributed by atoms with Gasteiger partial charge < -0.3 is 4.74 Å². The third-order valence-electron chi connectivity index (χ3n) is 3.57. The SMILES string of the molecule is CSC1(SC)CCOc2c(C(C)(C)C)cccc21. The minimum absolute atomic E-state index is 0.130. The highest BCUT2D eigenvalue weighted by Gasteiger charge is 2.38. The van der Waals surface area contributed by atoms with E-state index in [0.717, 1.165) is 18.8 Å². The van der Waals surface area contributed by atoms with Crippen molar-refractivity contribution in [3.8, 4) is 5.75 Å². The Labute approximate surface area is 119 Å². The summed E-state index contributed by atoms with van der Waals surface area (Å²) in [4.78, 5) is 0. The largest absolute Gasteiger partial charge is 0.493 e. The van der Waals surface area contributed by atoms with Crippen LogP contribution in [0.15, 0.2) is 18.2 Å². The fraction of sp³-hybridized carbons (Fsp3) is 0.600. The zero-order valence-corrected chi connectivity index (χ0v) is 13.5. The molecule has 18 heavy (non-hydrogen) atoms. The Morgan fingerprint density at radius 3 is 2.39 bits per heavy atom. The Hall–Kier alpha value is -0.280. The average Bonchev–Trinajstić information content (AvgIpc) is 2.36. The highest BCUT2D eigenvalue weighted by atomic mass is 32.2. The summed E-state index contributed by atoms with van der Waals surface area (Å²) in [5.41, 5.74) is 2.82. The summed E-state index contributed by atoms with van der Waals surface area (Å²) in [6, 6.07) is 6.61. The molecule has 1 aromatic carbocycles. The van der Waals surface area contributed by atoms with Gasteiger partial charge in [0.05, 0.1) is 10.7 Å². The first kappa shape index (κ1) is 14.1. The van der Waals surface area contributed by atoms with E-state index in [1.807, 2.05) is 23.5 Å². The van der Waals surface area contributed by atoms with Gasteiger partial charge in [-0.25, -0.2) is 0 Å². The van der Waals surface area contributed by atoms with Gasteiger partial charge in [0.25, 0.3) is 0 Å². The van der Waals surface area contributed by atoms with Crippen molar-refractivity contribution in [2.24, 2.45) is 0 Å². The molecule has 1 aliphatic rings. The monoisotopic (exact) mass is 282 g/mol. The molecule has 1 aromatic rings. The molecule has 0 unspecified atom stereocenters. The molecule has 1 nitrogen and oxygen atoms in total. The molecule has 0 fully saturated rings. The van der Waals surface area contributed by atoms with Crippen LogP contribution in [0.1, 0.15) is 38.3 Å². The third-order valence-corrected chi connectivity index (χ3v) is 6.74. The number of para-hydroxylation sites is 1. The van der Waals surface area contributed by atoms with Gasteiger partial charge in [0, 0.05) is 12.0 Å². The number of fused-ring (bicyclic) bond motifs is 1. The Balaban J connectivity index is 2.61. The van der Waals surface area contributed by atoms with Crippen LogP contribution >= 0.6 is 23.5 Å². The van der Waals surface area contributed by atoms with Crippen LogP contribution < -0.4 is 4.74 Å². The van der Waals surface area contributed by atoms with Crippen LogP contribution in [0.3, 0.4) is 0 Å². The molecule has 0 aromatic heterocycles. The van der Waals surface area contributed by atoms with E-state index in [2.05, 4.69) is 51.5 Å². The van der Waals surface area contributed by atoms with Gasteiger partial charge >= 0.3 is 0 Å². The number of rotatable bonds is 2. The molecule has 3 heteroatoms. The molecule has 0 saturated carbocycles. The lowest BCUT2D eigenvalue weighted by Gasteiger charge is -2.38. The molecule has 1 heterocycles. The van der Waals surface area contributed by atoms with E-state index in [1.54, 1.807) is 0 Å². The molecular weight excluding hydrogens is 260 g/mol. The predicted molar refractivity (Wildman–Crippen MR) is 84.0 cm³/mol. The van der Waals surface area contributed by atoms with Gasteiger partial charge in [-0.2, -0.15) is 0 Å². The maximum atomic E-state index is 6.01. The van der Waals surface area contributed by atoms with Gasteiger partial charge in [-0.1, -0.05) is 39.0 Å². The lowest BCUT2D eigenvalue weighted by Crippen LogP contribution is -2.28. The van der Waals surface area contributed by atoms with E-state index in [4.69, 9.17) is 4.74 Å². The first-order chi connectivity index (χ1) is 8.44. The minimum Gasteiger partial charge on any atom is -0.493 e. The summed E-state index contributed by atoms with van der Waals surface area (Å²) in [5, 5.41) is 0. The van der Waals surface area contributed by atoms with Crippen LogP contribution in [0.25, 0.3) is 0 Å². The van der Waals surface area contributed by atoms with Gasteiger partial charge in [0.15, 0.2) is 0 Å². The van der Waals surface area contributed by atoms with Gasteiger partial charge in [0.2, 0.25) is 0 Å². The van der Waals surface area contributed by atoms with Crippen molar-refractivity contribution in [3.63, 3.8) is 0 Å². The second-order valence-electron chi connectivity index (χ2n) is 5.69. The van der Waals surface area contributed by atoms with Crippen molar-refractivity contribution in [1.82, 2.24) is 0 Å². The lowest BCUT2D eigenvalue weighted by atomic mass is 9.84. The van der Waals surface area contributed by atoms with Gasteiger partial charge in [0.1, 0.15) is 5.75 Å². The van der Waals surface area contributed by atoms with Gasteiger partial charge in [-0.05, 0) is 23.5 Å². The van der Waals surface area contributed by atoms with Crippen molar-refractivity contribution >= 4 is 23.5 Å². The van der Waals surface area contributed by atoms with Crippen LogP contribution in [0.5, 0.6) is 5.75 Å². The summed E-state index contributed by atoms with van der Waals surface area (Å²) in [6.45, 7) is 7.57. The molecule has 0 bridgehead atoms. The first-order valence-electron chi connectivity index (χ1n) is 6.32. The van der Waals surface area contributed by atoms with Crippen LogP contribution in [0.2, 0.25) is 0 Å². The van der Waals surface area contributed by atoms with Crippen molar-refractivity contribution in [2.75, 3.05) is 19.1 Å². The van der Waals surface area contributed by atoms with E-state index in [-0.39, 0.29) is 9.49 Å². The molecule has 0 radical (unpaired) electrons. The molecule has 0 amide bonds. The van der Waals surface area contributed by atoms with Crippen LogP contribution in [0, 0.1) is 0 Å². The normalized spacial score (nSPS) is 18.1. The molecular formula is C15H22OS2. The van der Waals surface area contributed by atoms with Crippen LogP contribution in [-0.4, -0.2) is 19.1 Å². The second kappa shape index (κ2) is 5.01. The maximum Gasteiger partial charge on any atom is 0.128 e. The summed E-state index contributed by atoms with van der Waals surface area (Å²) in [6.07, 6.45) is 5.49. The summed E-state index contributed by atoms with van der Waals surface area (Å²) >= 11 is 3.88. The van der Waals surface area contributed by atoms with Crippen molar-refractivity contribution in [3.05, 3.63) is 29.3 Å². The van der Waals surface area contributed by atoms with Gasteiger partial charge in [-0.15, -0.1) is 23.5 Å². The Morgan fingerprint density at radius 1 is 1.17 bits per heavy atom. The van der Waals surface area contributed by atoms with Crippen LogP contribution in [-0.2, 0) is 9.49 Å². The zero-order valence-electron chi connectivity index (χ0n) is 11.9. The molecule has 0 N–H and O–H groups in total. The maximum absolute atomic E-state index is 6.01. The highest BCUT2D eigenvalue weighted by molar-refractivity contribution is 8.16.